The van der Waals surface area contributed by atoms with E-state index in [0.717, 1.165) is 14.2 Å². The van der Waals surface area contributed by atoms with Gasteiger partial charge in [-0.25, -0.2) is 14.4 Å². The smallest absolute Gasteiger partial charge is 0.345 e. The average Bonchev–Trinajstić information content (AvgIpc) is 2.88. The molecule has 0 aromatic heterocycles. The number of hydrogen-bond acceptors (Lipinski definition) is 10. The molecule has 2 N–H and O–H groups in total. The molecule has 0 spiro atoms. The van der Waals surface area contributed by atoms with Crippen LogP contribution in [-0.2, 0) is 38.1 Å². The highest BCUT2D eigenvalue weighted by molar-refractivity contribution is 5.99. The lowest BCUT2D eigenvalue weighted by Gasteiger charge is -2.45. The minimum atomic E-state index is -2.90. The van der Waals surface area contributed by atoms with Gasteiger partial charge in [-0.2, -0.15) is 0 Å². The molecule has 2 bridgehead atoms. The third kappa shape index (κ3) is 2.21. The molecule has 23 heavy (non-hydrogen) atoms. The van der Waals surface area contributed by atoms with Gasteiger partial charge >= 0.3 is 17.9 Å². The zero-order valence-corrected chi connectivity index (χ0v) is 12.8. The molecule has 0 unspecified atom stereocenters. The molecule has 0 aliphatic carbocycles. The van der Waals surface area contributed by atoms with Crippen LogP contribution in [0.5, 0.6) is 0 Å². The average molecular weight is 334 g/mol. The highest BCUT2D eigenvalue weighted by atomic mass is 16.8. The first-order valence-electron chi connectivity index (χ1n) is 6.86. The SMILES string of the molecule is CCOC(=O)[C@]12O[C@H](C[C@H](O)[C@]1(O)C(=O)OC)O[C@@H]2C(=O)OC. The minimum absolute atomic E-state index is 0.129. The predicted molar refractivity (Wildman–Crippen MR) is 68.7 cm³/mol. The number of ether oxygens (including phenoxy) is 5. The van der Waals surface area contributed by atoms with Crippen molar-refractivity contribution in [3.05, 3.63) is 0 Å². The predicted octanol–water partition coefficient (Wildman–Crippen LogP) is -2.13. The lowest BCUT2D eigenvalue weighted by molar-refractivity contribution is -0.266. The molecule has 2 saturated heterocycles. The maximum atomic E-state index is 12.5. The van der Waals surface area contributed by atoms with Gasteiger partial charge in [-0.1, -0.05) is 0 Å². The Kier molecular flexibility index (Phi) is 4.62. The van der Waals surface area contributed by atoms with Gasteiger partial charge in [0.1, 0.15) is 6.10 Å². The summed E-state index contributed by atoms with van der Waals surface area (Å²) in [5.41, 5.74) is -5.54. The first kappa shape index (κ1) is 17.6. The van der Waals surface area contributed by atoms with Gasteiger partial charge in [-0.3, -0.25) is 0 Å². The van der Waals surface area contributed by atoms with E-state index in [1.54, 1.807) is 0 Å². The van der Waals surface area contributed by atoms with E-state index in [1.807, 2.05) is 0 Å². The Bertz CT molecular complexity index is 519. The Hall–Kier alpha value is -1.75. The summed E-state index contributed by atoms with van der Waals surface area (Å²) in [6, 6.07) is 0. The fraction of sp³-hybridized carbons (Fsp3) is 0.769. The fourth-order valence-electron chi connectivity index (χ4n) is 2.86. The van der Waals surface area contributed by atoms with E-state index in [9.17, 15) is 24.6 Å². The zero-order chi connectivity index (χ0) is 17.4. The van der Waals surface area contributed by atoms with Gasteiger partial charge in [0.2, 0.25) is 17.3 Å². The Morgan fingerprint density at radius 1 is 1.22 bits per heavy atom. The molecule has 130 valence electrons. The van der Waals surface area contributed by atoms with Crippen LogP contribution in [0.3, 0.4) is 0 Å². The first-order valence-corrected chi connectivity index (χ1v) is 6.86. The van der Waals surface area contributed by atoms with E-state index in [2.05, 4.69) is 9.47 Å². The summed E-state index contributed by atoms with van der Waals surface area (Å²) in [5, 5.41) is 21.0. The van der Waals surface area contributed by atoms with Crippen LogP contribution in [0.2, 0.25) is 0 Å². The molecule has 10 nitrogen and oxygen atoms in total. The summed E-state index contributed by atoms with van der Waals surface area (Å²) in [7, 11) is 1.97. The molecule has 2 heterocycles. The maximum Gasteiger partial charge on any atom is 0.345 e. The zero-order valence-electron chi connectivity index (χ0n) is 12.8. The second-order valence-electron chi connectivity index (χ2n) is 5.05. The second-order valence-corrected chi connectivity index (χ2v) is 5.05. The Morgan fingerprint density at radius 2 is 1.87 bits per heavy atom. The summed E-state index contributed by atoms with van der Waals surface area (Å²) in [6.07, 6.45) is -5.16. The Morgan fingerprint density at radius 3 is 2.39 bits per heavy atom. The van der Waals surface area contributed by atoms with Crippen molar-refractivity contribution in [2.45, 2.75) is 43.0 Å². The highest BCUT2D eigenvalue weighted by Gasteiger charge is 2.79. The number of carbonyl (C=O) groups excluding carboxylic acids is 3. The van der Waals surface area contributed by atoms with E-state index in [1.165, 1.54) is 6.92 Å². The third-order valence-electron chi connectivity index (χ3n) is 3.93. The molecule has 2 aliphatic heterocycles. The van der Waals surface area contributed by atoms with Crippen LogP contribution >= 0.6 is 0 Å². The van der Waals surface area contributed by atoms with Crippen molar-refractivity contribution in [3.63, 3.8) is 0 Å². The van der Waals surface area contributed by atoms with Gasteiger partial charge < -0.3 is 33.9 Å². The van der Waals surface area contributed by atoms with Crippen molar-refractivity contribution in [1.82, 2.24) is 0 Å². The summed E-state index contributed by atoms with van der Waals surface area (Å²) in [4.78, 5) is 36.6. The summed E-state index contributed by atoms with van der Waals surface area (Å²) in [6.45, 7) is 1.35. The molecule has 0 amide bonds. The van der Waals surface area contributed by atoms with E-state index in [4.69, 9.17) is 14.2 Å². The molecule has 5 atom stereocenters. The minimum Gasteiger partial charge on any atom is -0.467 e. The Labute approximate surface area is 131 Å². The van der Waals surface area contributed by atoms with Gasteiger partial charge in [-0.15, -0.1) is 0 Å². The van der Waals surface area contributed by atoms with Crippen molar-refractivity contribution in [3.8, 4) is 0 Å². The van der Waals surface area contributed by atoms with Gasteiger partial charge in [0.05, 0.1) is 20.8 Å². The van der Waals surface area contributed by atoms with Crippen LogP contribution in [0.1, 0.15) is 13.3 Å². The fourth-order valence-corrected chi connectivity index (χ4v) is 2.86. The van der Waals surface area contributed by atoms with E-state index < -0.39 is 47.6 Å². The van der Waals surface area contributed by atoms with Gasteiger partial charge in [0.25, 0.3) is 0 Å². The second kappa shape index (κ2) is 6.04. The molecule has 2 rings (SSSR count). The van der Waals surface area contributed by atoms with Gasteiger partial charge in [-0.05, 0) is 6.92 Å². The maximum absolute atomic E-state index is 12.5. The van der Waals surface area contributed by atoms with Crippen molar-refractivity contribution < 1.29 is 48.3 Å². The van der Waals surface area contributed by atoms with Crippen molar-refractivity contribution in [2.24, 2.45) is 0 Å². The molecular formula is C13H18O10. The quantitative estimate of drug-likeness (QED) is 0.433. The molecule has 0 saturated carbocycles. The number of aliphatic hydroxyl groups excluding tert-OH is 1. The summed E-state index contributed by atoms with van der Waals surface area (Å²) < 4.78 is 24.4. The van der Waals surface area contributed by atoms with Crippen molar-refractivity contribution in [2.75, 3.05) is 20.8 Å². The molecule has 2 aliphatic rings. The summed E-state index contributed by atoms with van der Waals surface area (Å²) >= 11 is 0. The third-order valence-corrected chi connectivity index (χ3v) is 3.93. The number of fused-ring (bicyclic) bond motifs is 2. The van der Waals surface area contributed by atoms with Crippen LogP contribution in [0, 0.1) is 0 Å². The molecule has 0 radical (unpaired) electrons. The lowest BCUT2D eigenvalue weighted by Crippen LogP contribution is -2.76. The van der Waals surface area contributed by atoms with Crippen LogP contribution < -0.4 is 0 Å². The number of hydrogen-bond donors (Lipinski definition) is 2. The van der Waals surface area contributed by atoms with E-state index in [0.29, 0.717) is 0 Å². The van der Waals surface area contributed by atoms with E-state index in [-0.39, 0.29) is 13.0 Å². The highest BCUT2D eigenvalue weighted by Crippen LogP contribution is 2.49. The van der Waals surface area contributed by atoms with Crippen molar-refractivity contribution in [1.29, 1.82) is 0 Å². The summed E-state index contributed by atoms with van der Waals surface area (Å²) in [5.74, 6) is -3.68. The normalized spacial score (nSPS) is 38.7. The molecule has 2 fully saturated rings. The van der Waals surface area contributed by atoms with Crippen molar-refractivity contribution >= 4 is 17.9 Å². The van der Waals surface area contributed by atoms with Crippen LogP contribution in [0.25, 0.3) is 0 Å². The molecule has 10 heteroatoms. The largest absolute Gasteiger partial charge is 0.467 e. The molecule has 0 aromatic carbocycles. The van der Waals surface area contributed by atoms with Crippen LogP contribution in [0.15, 0.2) is 0 Å². The van der Waals surface area contributed by atoms with Gasteiger partial charge in [0.15, 0.2) is 6.29 Å². The standard InChI is InChI=1S/C13H18O10/c1-4-21-11(17)13-8(9(15)19-2)22-7(23-13)5-6(14)12(13,18)10(16)20-3/h6-8,14,18H,4-5H2,1-3H3/t6-,7+,8+,12-,13-/m0/s1. The number of aliphatic hydroxyl groups is 2. The number of methoxy groups -OCH3 is 2. The Balaban J connectivity index is 2.64. The topological polar surface area (TPSA) is 138 Å². The van der Waals surface area contributed by atoms with Crippen LogP contribution in [-0.4, -0.2) is 78.6 Å². The van der Waals surface area contributed by atoms with E-state index >= 15 is 0 Å². The number of esters is 3. The molecule has 0 aromatic rings. The number of carbonyl (C=O) groups is 3. The lowest BCUT2D eigenvalue weighted by atomic mass is 9.72. The first-order chi connectivity index (χ1) is 10.8. The van der Waals surface area contributed by atoms with Gasteiger partial charge in [0, 0.05) is 6.42 Å². The molecular weight excluding hydrogens is 316 g/mol. The number of rotatable bonds is 4. The monoisotopic (exact) mass is 334 g/mol. The van der Waals surface area contributed by atoms with Crippen LogP contribution in [0.4, 0.5) is 0 Å².